The van der Waals surface area contributed by atoms with E-state index in [2.05, 4.69) is 76.1 Å². The molecule has 0 amide bonds. The summed E-state index contributed by atoms with van der Waals surface area (Å²) in [5.41, 5.74) is 4.85. The van der Waals surface area contributed by atoms with Gasteiger partial charge in [-0.1, -0.05) is 36.4 Å². The van der Waals surface area contributed by atoms with Crippen LogP contribution in [0.4, 0.5) is 17.5 Å². The average molecular weight is 333 g/mol. The maximum absolute atomic E-state index is 4.47. The maximum atomic E-state index is 4.47. The Morgan fingerprint density at radius 3 is 2.60 bits per heavy atom. The van der Waals surface area contributed by atoms with Gasteiger partial charge in [0.05, 0.1) is 6.20 Å². The van der Waals surface area contributed by atoms with Crippen LogP contribution in [-0.4, -0.2) is 21.7 Å². The van der Waals surface area contributed by atoms with E-state index in [1.165, 1.54) is 16.7 Å². The number of hydrogen-bond acceptors (Lipinski definition) is 5. The number of aryl methyl sites for hydroxylation is 3. The van der Waals surface area contributed by atoms with Gasteiger partial charge in [0.2, 0.25) is 5.95 Å². The van der Waals surface area contributed by atoms with Crippen molar-refractivity contribution in [3.63, 3.8) is 0 Å². The molecule has 0 aliphatic carbocycles. The van der Waals surface area contributed by atoms with Crippen molar-refractivity contribution in [2.45, 2.75) is 26.7 Å². The van der Waals surface area contributed by atoms with E-state index < -0.39 is 0 Å². The van der Waals surface area contributed by atoms with E-state index in [0.29, 0.717) is 11.8 Å². The molecule has 0 atom stereocenters. The van der Waals surface area contributed by atoms with Gasteiger partial charge in [-0.3, -0.25) is 0 Å². The van der Waals surface area contributed by atoms with Crippen LogP contribution in [0.5, 0.6) is 0 Å². The Balaban J connectivity index is 1.53. The lowest BCUT2D eigenvalue weighted by atomic mass is 10.1. The summed E-state index contributed by atoms with van der Waals surface area (Å²) in [6, 6.07) is 16.7. The molecule has 0 fully saturated rings. The summed E-state index contributed by atoms with van der Waals surface area (Å²) >= 11 is 0. The van der Waals surface area contributed by atoms with Gasteiger partial charge >= 0.3 is 0 Å². The third-order valence-corrected chi connectivity index (χ3v) is 4.11. The second-order valence-electron chi connectivity index (χ2n) is 6.11. The predicted molar refractivity (Wildman–Crippen MR) is 102 cm³/mol. The van der Waals surface area contributed by atoms with Gasteiger partial charge in [0.1, 0.15) is 0 Å². The van der Waals surface area contributed by atoms with Crippen LogP contribution in [0.25, 0.3) is 0 Å². The summed E-state index contributed by atoms with van der Waals surface area (Å²) < 4.78 is 0. The maximum Gasteiger partial charge on any atom is 0.244 e. The fourth-order valence-corrected chi connectivity index (χ4v) is 2.54. The molecule has 0 spiro atoms. The van der Waals surface area contributed by atoms with Crippen molar-refractivity contribution in [3.05, 3.63) is 71.4 Å². The van der Waals surface area contributed by atoms with Gasteiger partial charge in [-0.15, -0.1) is 5.10 Å². The lowest BCUT2D eigenvalue weighted by Gasteiger charge is -2.09. The molecule has 0 saturated heterocycles. The van der Waals surface area contributed by atoms with E-state index in [9.17, 15) is 0 Å². The molecule has 0 aliphatic rings. The number of rotatable bonds is 7. The van der Waals surface area contributed by atoms with Gasteiger partial charge in [-0.25, -0.2) is 0 Å². The second kappa shape index (κ2) is 8.24. The highest BCUT2D eigenvalue weighted by molar-refractivity contribution is 5.57. The first-order chi connectivity index (χ1) is 12.2. The highest BCUT2D eigenvalue weighted by Gasteiger charge is 2.02. The molecule has 1 aromatic heterocycles. The van der Waals surface area contributed by atoms with E-state index in [0.717, 1.165) is 25.1 Å². The third-order valence-electron chi connectivity index (χ3n) is 4.11. The molecule has 3 aromatic rings. The molecule has 0 bridgehead atoms. The van der Waals surface area contributed by atoms with Crippen molar-refractivity contribution in [3.8, 4) is 0 Å². The molecule has 0 aliphatic heterocycles. The monoisotopic (exact) mass is 333 g/mol. The van der Waals surface area contributed by atoms with Crippen LogP contribution in [0.1, 0.15) is 23.1 Å². The van der Waals surface area contributed by atoms with Crippen molar-refractivity contribution < 1.29 is 0 Å². The second-order valence-corrected chi connectivity index (χ2v) is 6.11. The predicted octanol–water partition coefficient (Wildman–Crippen LogP) is 4.28. The van der Waals surface area contributed by atoms with Crippen LogP contribution < -0.4 is 10.6 Å². The van der Waals surface area contributed by atoms with E-state index in [4.69, 9.17) is 0 Å². The minimum atomic E-state index is 0.543. The van der Waals surface area contributed by atoms with Crippen LogP contribution >= 0.6 is 0 Å². The molecule has 0 unspecified atom stereocenters. The first-order valence-corrected chi connectivity index (χ1v) is 8.52. The molecule has 128 valence electrons. The van der Waals surface area contributed by atoms with Crippen LogP contribution in [0.15, 0.2) is 54.7 Å². The van der Waals surface area contributed by atoms with Crippen molar-refractivity contribution in [1.82, 2.24) is 15.2 Å². The molecule has 3 rings (SSSR count). The Kier molecular flexibility index (Phi) is 5.57. The largest absolute Gasteiger partial charge is 0.353 e. The SMILES string of the molecule is Cc1ccc(Nc2cnnc(NCCCc3ccccc3)n2)cc1C. The summed E-state index contributed by atoms with van der Waals surface area (Å²) in [4.78, 5) is 4.47. The molecule has 2 aromatic carbocycles. The molecule has 25 heavy (non-hydrogen) atoms. The van der Waals surface area contributed by atoms with Gasteiger partial charge in [0.15, 0.2) is 5.82 Å². The minimum absolute atomic E-state index is 0.543. The van der Waals surface area contributed by atoms with Gasteiger partial charge < -0.3 is 10.6 Å². The van der Waals surface area contributed by atoms with E-state index in [-0.39, 0.29) is 0 Å². The van der Waals surface area contributed by atoms with E-state index in [1.54, 1.807) is 6.20 Å². The number of nitrogens with zero attached hydrogens (tertiary/aromatic N) is 3. The van der Waals surface area contributed by atoms with Crippen LogP contribution in [-0.2, 0) is 6.42 Å². The molecule has 1 heterocycles. The van der Waals surface area contributed by atoms with Crippen LogP contribution in [0, 0.1) is 13.8 Å². The van der Waals surface area contributed by atoms with Crippen molar-refractivity contribution >= 4 is 17.5 Å². The molecule has 0 saturated carbocycles. The Labute approximate surface area is 148 Å². The zero-order valence-electron chi connectivity index (χ0n) is 14.7. The minimum Gasteiger partial charge on any atom is -0.353 e. The Bertz CT molecular complexity index is 817. The van der Waals surface area contributed by atoms with Crippen LogP contribution in [0.3, 0.4) is 0 Å². The molecular weight excluding hydrogens is 310 g/mol. The van der Waals surface area contributed by atoms with E-state index in [1.807, 2.05) is 12.1 Å². The van der Waals surface area contributed by atoms with E-state index >= 15 is 0 Å². The quantitative estimate of drug-likeness (QED) is 0.632. The lowest BCUT2D eigenvalue weighted by molar-refractivity contribution is 0.843. The van der Waals surface area contributed by atoms with Crippen molar-refractivity contribution in [1.29, 1.82) is 0 Å². The Hall–Kier alpha value is -2.95. The summed E-state index contributed by atoms with van der Waals surface area (Å²) in [5, 5.41) is 14.6. The first-order valence-electron chi connectivity index (χ1n) is 8.52. The van der Waals surface area contributed by atoms with Gasteiger partial charge in [0, 0.05) is 12.2 Å². The van der Waals surface area contributed by atoms with Crippen molar-refractivity contribution in [2.75, 3.05) is 17.2 Å². The fraction of sp³-hybridized carbons (Fsp3) is 0.250. The molecule has 2 N–H and O–H groups in total. The van der Waals surface area contributed by atoms with Crippen molar-refractivity contribution in [2.24, 2.45) is 0 Å². The molecular formula is C20H23N5. The fourth-order valence-electron chi connectivity index (χ4n) is 2.54. The van der Waals surface area contributed by atoms with Gasteiger partial charge in [-0.05, 0) is 55.5 Å². The number of anilines is 3. The molecule has 5 nitrogen and oxygen atoms in total. The third kappa shape index (κ3) is 5.01. The van der Waals surface area contributed by atoms with Crippen LogP contribution in [0.2, 0.25) is 0 Å². The summed E-state index contributed by atoms with van der Waals surface area (Å²) in [5.74, 6) is 1.23. The number of nitrogens with one attached hydrogen (secondary N) is 2. The lowest BCUT2D eigenvalue weighted by Crippen LogP contribution is -2.08. The van der Waals surface area contributed by atoms with Gasteiger partial charge in [0.25, 0.3) is 0 Å². The Morgan fingerprint density at radius 1 is 0.960 bits per heavy atom. The normalized spacial score (nSPS) is 10.5. The topological polar surface area (TPSA) is 62.7 Å². The van der Waals surface area contributed by atoms with Gasteiger partial charge in [-0.2, -0.15) is 10.1 Å². The summed E-state index contributed by atoms with van der Waals surface area (Å²) in [7, 11) is 0. The standard InChI is InChI=1S/C20H23N5/c1-15-10-11-18(13-16(15)2)23-19-14-22-25-20(24-19)21-12-6-9-17-7-4-3-5-8-17/h3-5,7-8,10-11,13-14H,6,9,12H2,1-2H3,(H2,21,23,24,25). The molecule has 0 radical (unpaired) electrons. The number of aromatic nitrogens is 3. The average Bonchev–Trinajstić information content (AvgIpc) is 2.63. The smallest absolute Gasteiger partial charge is 0.244 e. The highest BCUT2D eigenvalue weighted by Crippen LogP contribution is 2.18. The zero-order valence-corrected chi connectivity index (χ0v) is 14.7. The zero-order chi connectivity index (χ0) is 17.5. The number of hydrogen-bond donors (Lipinski definition) is 2. The molecule has 5 heteroatoms. The summed E-state index contributed by atoms with van der Waals surface area (Å²) in [6.07, 6.45) is 3.67. The highest BCUT2D eigenvalue weighted by atomic mass is 15.3. The first kappa shape index (κ1) is 16.9. The number of benzene rings is 2. The summed E-state index contributed by atoms with van der Waals surface area (Å²) in [6.45, 7) is 5.00. The Morgan fingerprint density at radius 2 is 1.80 bits per heavy atom.